The zero-order valence-electron chi connectivity index (χ0n) is 75.2. The van der Waals surface area contributed by atoms with E-state index >= 15 is 52.7 Å². The number of hydrogen-bond donors (Lipinski definition) is 13. The van der Waals surface area contributed by atoms with Gasteiger partial charge in [0.05, 0.1) is 19.1 Å². The number of H-pyrrole nitrogens is 1. The fourth-order valence-corrected chi connectivity index (χ4v) is 17.8. The van der Waals surface area contributed by atoms with Crippen LogP contribution in [-0.4, -0.2) is 277 Å². The molecule has 0 bridgehead atoms. The van der Waals surface area contributed by atoms with Gasteiger partial charge in [0.25, 0.3) is 0 Å². The van der Waals surface area contributed by atoms with Gasteiger partial charge in [-0.05, 0) is 120 Å². The summed E-state index contributed by atoms with van der Waals surface area (Å²) in [7, 11) is 5.68. The van der Waals surface area contributed by atoms with Crippen molar-refractivity contribution in [2.75, 3.05) is 65.9 Å². The van der Waals surface area contributed by atoms with E-state index in [1.54, 1.807) is 149 Å². The molecule has 33 nitrogen and oxygen atoms in total. The monoisotopic (exact) mass is 1800 g/mol. The van der Waals surface area contributed by atoms with Gasteiger partial charge in [0.15, 0.2) is 0 Å². The fraction of sp³-hybridized carbons (Fsp3) is 0.458. The fourth-order valence-electron chi connectivity index (χ4n) is 16.8. The summed E-state index contributed by atoms with van der Waals surface area (Å²) in [5.41, 5.74) is 9.53. The van der Waals surface area contributed by atoms with Crippen LogP contribution < -0.4 is 48.3 Å². The number of para-hydroxylation sites is 1. The maximum atomic E-state index is 15.8. The van der Waals surface area contributed by atoms with Crippen LogP contribution in [0, 0.1) is 11.8 Å². The molecular formula is C96H124N16O17S. The van der Waals surface area contributed by atoms with Gasteiger partial charge in [-0.2, -0.15) is 11.8 Å². The number of benzene rings is 6. The lowest BCUT2D eigenvalue weighted by molar-refractivity contribution is -0.154. The number of carbonyl (C=O) groups is 14. The van der Waals surface area contributed by atoms with Gasteiger partial charge in [0.1, 0.15) is 84.2 Å². The van der Waals surface area contributed by atoms with Gasteiger partial charge < -0.3 is 92.7 Å². The predicted molar refractivity (Wildman–Crippen MR) is 491 cm³/mol. The number of aliphatic hydroxyl groups excluding tert-OH is 1. The topological polar surface area (TPSA) is 457 Å². The standard InChI is InChI=1S/C96H124N16O17S/c1-10-11-33-77-94(127)112-45-24-35-78(112)95(128)111-44-23-34-76(111)89(122)106-84(59(4)5)96(129)109(8)79(50-61-27-17-13-18-28-61)90(123)104-73(49-64-38-42-67(114)43-39-64)91(124)107(6)55-82(116)100-72(52-65-53-98-69-32-22-21-31-68(65)69)88(121)103-71(47-63-36-40-66(113)41-37-63)87(120)102-70(46-58(2)3)86(119)105-75(85(118)99-54-81(97)115)56-130-57-83(117)101-74(48-60-25-15-12-16-26-60)92(125)110(9)80(93(126)108(77)7)51-62-29-19-14-20-30-62/h12-22,25-32,36-43,53,58-59,70-80,83-84,98,101,113-114,117H,10-11,23-24,33-35,44-52,54-57H2,1-9H3,(H2,97,115)(H,99,118)(H,100,116)(H,102,120)(H,103,121)(H,104,123)(H,105,119)(H,106,122). The third kappa shape index (κ3) is 27.4. The number of thioether (sulfide) groups is 1. The molecule has 13 atom stereocenters. The molecule has 0 saturated carbocycles. The Morgan fingerprint density at radius 1 is 0.485 bits per heavy atom. The summed E-state index contributed by atoms with van der Waals surface area (Å²) in [5, 5.41) is 56.0. The second kappa shape index (κ2) is 47.6. The number of phenols is 2. The summed E-state index contributed by atoms with van der Waals surface area (Å²) >= 11 is 0.962. The number of nitrogens with one attached hydrogen (secondary N) is 9. The van der Waals surface area contributed by atoms with E-state index in [1.165, 1.54) is 101 Å². The summed E-state index contributed by atoms with van der Waals surface area (Å²) in [5.74, 6) is -12.4. The number of fused-ring (bicyclic) bond motifs is 3. The van der Waals surface area contributed by atoms with Crippen molar-refractivity contribution in [3.05, 3.63) is 203 Å². The van der Waals surface area contributed by atoms with E-state index in [9.17, 15) is 29.7 Å². The molecule has 6 aromatic carbocycles. The number of nitrogens with two attached hydrogens (primary N) is 1. The van der Waals surface area contributed by atoms with Gasteiger partial charge in [0.2, 0.25) is 82.7 Å². The van der Waals surface area contributed by atoms with E-state index in [-0.39, 0.29) is 106 Å². The van der Waals surface area contributed by atoms with Crippen molar-refractivity contribution in [2.45, 2.75) is 203 Å². The number of rotatable bonds is 21. The number of aromatic amines is 1. The van der Waals surface area contributed by atoms with E-state index in [0.717, 1.165) is 16.7 Å². The number of aromatic hydroxyl groups is 2. The Balaban J connectivity index is 1.03. The van der Waals surface area contributed by atoms with Crippen LogP contribution in [0.2, 0.25) is 0 Å². The molecule has 14 amide bonds. The number of aromatic nitrogens is 1. The number of nitrogens with zero attached hydrogens (tertiary/aromatic N) is 6. The Bertz CT molecular complexity index is 5070. The van der Waals surface area contributed by atoms with Gasteiger partial charge in [0, 0.05) is 102 Å². The molecule has 14 N–H and O–H groups in total. The number of primary amides is 1. The summed E-state index contributed by atoms with van der Waals surface area (Å²) in [6.45, 7) is 7.77. The first-order chi connectivity index (χ1) is 62.2. The summed E-state index contributed by atoms with van der Waals surface area (Å²) in [4.78, 5) is 222. The number of likely N-dealkylation sites (N-methyl/N-ethyl adjacent to an activating group) is 4. The molecule has 0 radical (unpaired) electrons. The number of carbonyl (C=O) groups excluding carboxylic acids is 14. The third-order valence-electron chi connectivity index (χ3n) is 24.0. The highest BCUT2D eigenvalue weighted by atomic mass is 32.2. The zero-order chi connectivity index (χ0) is 94.0. The Labute approximate surface area is 762 Å². The molecule has 13 unspecified atom stereocenters. The Morgan fingerprint density at radius 3 is 1.55 bits per heavy atom. The molecule has 1 aromatic heterocycles. The van der Waals surface area contributed by atoms with Crippen LogP contribution in [0.15, 0.2) is 170 Å². The van der Waals surface area contributed by atoms with Crippen LogP contribution in [0.5, 0.6) is 11.5 Å². The second-order valence-electron chi connectivity index (χ2n) is 34.7. The molecule has 3 saturated heterocycles. The van der Waals surface area contributed by atoms with E-state index in [1.807, 2.05) is 6.92 Å². The van der Waals surface area contributed by atoms with Crippen LogP contribution in [0.4, 0.5) is 0 Å². The lowest BCUT2D eigenvalue weighted by Crippen LogP contribution is -2.61. The van der Waals surface area contributed by atoms with Gasteiger partial charge >= 0.3 is 0 Å². The van der Waals surface area contributed by atoms with Crippen LogP contribution in [-0.2, 0) is 106 Å². The van der Waals surface area contributed by atoms with E-state index in [2.05, 4.69) is 47.5 Å². The van der Waals surface area contributed by atoms with Crippen LogP contribution in [0.25, 0.3) is 10.9 Å². The molecule has 0 aliphatic carbocycles. The Morgan fingerprint density at radius 2 is 0.977 bits per heavy atom. The van der Waals surface area contributed by atoms with Crippen LogP contribution >= 0.6 is 11.8 Å². The van der Waals surface area contributed by atoms with E-state index in [0.29, 0.717) is 70.0 Å². The molecular weight excluding hydrogens is 1680 g/mol. The average Bonchev–Trinajstić information content (AvgIpc) is 1.61. The van der Waals surface area contributed by atoms with Crippen molar-refractivity contribution < 1.29 is 82.4 Å². The average molecular weight is 1810 g/mol. The smallest absolute Gasteiger partial charge is 0.246 e. The minimum absolute atomic E-state index is 0.0236. The third-order valence-corrected chi connectivity index (χ3v) is 25.2. The lowest BCUT2D eigenvalue weighted by atomic mass is 9.98. The largest absolute Gasteiger partial charge is 0.508 e. The highest BCUT2D eigenvalue weighted by Crippen LogP contribution is 2.30. The van der Waals surface area contributed by atoms with Crippen molar-refractivity contribution in [2.24, 2.45) is 17.6 Å². The number of phenolic OH excluding ortho intramolecular Hbond substituents is 2. The number of hydrogen-bond acceptors (Lipinski definition) is 19. The van der Waals surface area contributed by atoms with Crippen molar-refractivity contribution in [3.8, 4) is 11.5 Å². The molecule has 130 heavy (non-hydrogen) atoms. The quantitative estimate of drug-likeness (QED) is 0.0488. The maximum absolute atomic E-state index is 15.8. The van der Waals surface area contributed by atoms with Crippen molar-refractivity contribution in [1.29, 1.82) is 0 Å². The maximum Gasteiger partial charge on any atom is 0.246 e. The van der Waals surface area contributed by atoms with Gasteiger partial charge in [-0.3, -0.25) is 72.4 Å². The van der Waals surface area contributed by atoms with Crippen molar-refractivity contribution >= 4 is 105 Å². The molecule has 3 aliphatic rings. The number of amides is 14. The molecule has 10 rings (SSSR count). The van der Waals surface area contributed by atoms with Crippen molar-refractivity contribution in [3.63, 3.8) is 0 Å². The van der Waals surface area contributed by atoms with Crippen LogP contribution in [0.3, 0.4) is 0 Å². The van der Waals surface area contributed by atoms with Gasteiger partial charge in [-0.15, -0.1) is 0 Å². The molecule has 696 valence electrons. The SMILES string of the molecule is CCCCC1C(=O)N2CCCC2C(=O)N2CCCC2C(=O)NC(C(C)C)C(=O)N(C)C(Cc2ccccc2)C(=O)NC(Cc2ccc(O)cc2)C(=O)N(C)CC(=O)NC(Cc2c[nH]c3ccccc23)C(=O)NC(Cc2ccc(O)cc2)C(=O)NC(CC(C)C)C(=O)NC(C(=O)NCC(N)=O)CSCC(O)NC(Cc2ccccc2)C(=O)N(C)C(Cc2ccccc2)C(=O)N1C. The molecule has 3 aliphatic heterocycles. The first-order valence-corrected chi connectivity index (χ1v) is 45.6. The normalized spacial score (nSPS) is 24.0. The van der Waals surface area contributed by atoms with E-state index < -0.39 is 180 Å². The lowest BCUT2D eigenvalue weighted by Gasteiger charge is -2.38. The molecule has 4 heterocycles. The minimum atomic E-state index is -1.57. The second-order valence-corrected chi connectivity index (χ2v) is 35.7. The summed E-state index contributed by atoms with van der Waals surface area (Å²) < 4.78 is 0. The highest BCUT2D eigenvalue weighted by Gasteiger charge is 2.48. The summed E-state index contributed by atoms with van der Waals surface area (Å²) in [6.07, 6.45) is 1.59. The predicted octanol–water partition coefficient (Wildman–Crippen LogP) is 3.68. The Hall–Kier alpha value is -12.7. The van der Waals surface area contributed by atoms with Gasteiger partial charge in [-0.1, -0.05) is 181 Å². The molecule has 7 aromatic rings. The first kappa shape index (κ1) is 99.5. The van der Waals surface area contributed by atoms with E-state index in [4.69, 9.17) is 5.73 Å². The molecule has 3 fully saturated rings. The highest BCUT2D eigenvalue weighted by molar-refractivity contribution is 7.99. The first-order valence-electron chi connectivity index (χ1n) is 44.4. The molecule has 0 spiro atoms. The Kier molecular flexibility index (Phi) is 36.4. The molecule has 34 heteroatoms. The minimum Gasteiger partial charge on any atom is -0.508 e. The van der Waals surface area contributed by atoms with Gasteiger partial charge in [-0.25, -0.2) is 0 Å². The van der Waals surface area contributed by atoms with Crippen LogP contribution in [0.1, 0.15) is 119 Å². The number of aliphatic hydroxyl groups is 1. The van der Waals surface area contributed by atoms with Crippen molar-refractivity contribution in [1.82, 2.24) is 76.9 Å². The zero-order valence-corrected chi connectivity index (χ0v) is 76.0. The number of unbranched alkanes of at least 4 members (excludes halogenated alkanes) is 1. The summed E-state index contributed by atoms with van der Waals surface area (Å²) in [6, 6.07) is 29.3.